The molecule has 1 saturated heterocycles. The summed E-state index contributed by atoms with van der Waals surface area (Å²) in [5.41, 5.74) is 0. The van der Waals surface area contributed by atoms with Crippen LogP contribution in [-0.2, 0) is 4.79 Å². The molecule has 4 nitrogen and oxygen atoms in total. The Morgan fingerprint density at radius 1 is 1.38 bits per heavy atom. The lowest BCUT2D eigenvalue weighted by atomic mass is 10.2. The summed E-state index contributed by atoms with van der Waals surface area (Å²) in [7, 11) is 0. The number of rotatable bonds is 8. The van der Waals surface area contributed by atoms with Crippen molar-refractivity contribution in [3.8, 4) is 0 Å². The van der Waals surface area contributed by atoms with Gasteiger partial charge in [-0.1, -0.05) is 6.07 Å². The summed E-state index contributed by atoms with van der Waals surface area (Å²) in [5, 5.41) is 8.48. The molecule has 0 bridgehead atoms. The molecule has 1 aromatic rings. The molecular formula is C16H25N3OS. The van der Waals surface area contributed by atoms with Gasteiger partial charge in [-0.15, -0.1) is 11.3 Å². The molecule has 116 valence electrons. The fraction of sp³-hybridized carbons (Fsp3) is 0.688. The molecule has 1 aliphatic carbocycles. The molecule has 1 aliphatic heterocycles. The van der Waals surface area contributed by atoms with Gasteiger partial charge in [0, 0.05) is 11.4 Å². The van der Waals surface area contributed by atoms with E-state index in [0.29, 0.717) is 12.6 Å². The van der Waals surface area contributed by atoms with E-state index >= 15 is 0 Å². The fourth-order valence-corrected chi connectivity index (χ4v) is 3.79. The smallest absolute Gasteiger partial charge is 0.234 e. The molecule has 2 aliphatic rings. The number of nitrogens with one attached hydrogen (secondary N) is 2. The van der Waals surface area contributed by atoms with Crippen molar-refractivity contribution in [3.05, 3.63) is 22.4 Å². The largest absolute Gasteiger partial charge is 0.353 e. The average molecular weight is 307 g/mol. The van der Waals surface area contributed by atoms with E-state index in [1.54, 1.807) is 11.3 Å². The van der Waals surface area contributed by atoms with Gasteiger partial charge < -0.3 is 10.6 Å². The first kappa shape index (κ1) is 15.0. The van der Waals surface area contributed by atoms with Crippen molar-refractivity contribution in [1.82, 2.24) is 15.5 Å². The number of hydrogen-bond acceptors (Lipinski definition) is 4. The van der Waals surface area contributed by atoms with E-state index < -0.39 is 0 Å². The first-order valence-electron chi connectivity index (χ1n) is 8.08. The minimum atomic E-state index is 0.122. The van der Waals surface area contributed by atoms with Crippen LogP contribution in [0, 0.1) is 5.92 Å². The number of carbonyl (C=O) groups is 1. The second-order valence-electron chi connectivity index (χ2n) is 6.15. The van der Waals surface area contributed by atoms with E-state index in [0.717, 1.165) is 32.1 Å². The summed E-state index contributed by atoms with van der Waals surface area (Å²) in [5.74, 6) is 0.942. The van der Waals surface area contributed by atoms with Crippen LogP contribution in [0.5, 0.6) is 0 Å². The summed E-state index contributed by atoms with van der Waals surface area (Å²) in [6.45, 7) is 4.47. The number of nitrogens with zero attached hydrogens (tertiary/aromatic N) is 1. The van der Waals surface area contributed by atoms with Crippen LogP contribution in [0.25, 0.3) is 0 Å². The molecule has 0 radical (unpaired) electrons. The van der Waals surface area contributed by atoms with Gasteiger partial charge in [-0.25, -0.2) is 0 Å². The number of thiophene rings is 1. The molecule has 1 atom stereocenters. The van der Waals surface area contributed by atoms with Crippen molar-refractivity contribution in [1.29, 1.82) is 0 Å². The molecule has 1 aromatic heterocycles. The zero-order valence-corrected chi connectivity index (χ0v) is 13.3. The Labute approximate surface area is 130 Å². The molecule has 1 saturated carbocycles. The first-order valence-corrected chi connectivity index (χ1v) is 8.96. The quantitative estimate of drug-likeness (QED) is 0.772. The summed E-state index contributed by atoms with van der Waals surface area (Å²) in [6, 6.07) is 4.63. The maximum absolute atomic E-state index is 11.9. The summed E-state index contributed by atoms with van der Waals surface area (Å²) >= 11 is 1.79. The number of carbonyl (C=O) groups excluding carboxylic acids is 1. The van der Waals surface area contributed by atoms with Gasteiger partial charge in [0.2, 0.25) is 5.91 Å². The Morgan fingerprint density at radius 2 is 2.19 bits per heavy atom. The van der Waals surface area contributed by atoms with E-state index in [1.807, 2.05) is 0 Å². The molecule has 5 heteroatoms. The molecule has 1 unspecified atom stereocenters. The first-order chi connectivity index (χ1) is 10.3. The van der Waals surface area contributed by atoms with E-state index in [9.17, 15) is 4.79 Å². The van der Waals surface area contributed by atoms with E-state index in [2.05, 4.69) is 33.0 Å². The van der Waals surface area contributed by atoms with Crippen LogP contribution in [0.1, 0.15) is 36.6 Å². The van der Waals surface area contributed by atoms with E-state index in [-0.39, 0.29) is 5.91 Å². The molecular weight excluding hydrogens is 282 g/mol. The SMILES string of the molecule is O=C(CNCC1CC1)NCC(c1cccs1)N1CCCC1. The zero-order valence-electron chi connectivity index (χ0n) is 12.5. The predicted molar refractivity (Wildman–Crippen MR) is 86.5 cm³/mol. The van der Waals surface area contributed by atoms with Crippen molar-refractivity contribution >= 4 is 17.2 Å². The Morgan fingerprint density at radius 3 is 2.86 bits per heavy atom. The van der Waals surface area contributed by atoms with Crippen LogP contribution in [0.2, 0.25) is 0 Å². The lowest BCUT2D eigenvalue weighted by Crippen LogP contribution is -2.40. The fourth-order valence-electron chi connectivity index (χ4n) is 2.93. The molecule has 2 fully saturated rings. The molecule has 2 N–H and O–H groups in total. The second-order valence-corrected chi connectivity index (χ2v) is 7.13. The van der Waals surface area contributed by atoms with Gasteiger partial charge in [0.25, 0.3) is 0 Å². The third-order valence-corrected chi connectivity index (χ3v) is 5.33. The monoisotopic (exact) mass is 307 g/mol. The van der Waals surface area contributed by atoms with Crippen molar-refractivity contribution in [3.63, 3.8) is 0 Å². The van der Waals surface area contributed by atoms with Crippen LogP contribution < -0.4 is 10.6 Å². The number of likely N-dealkylation sites (tertiary alicyclic amines) is 1. The highest BCUT2D eigenvalue weighted by atomic mass is 32.1. The maximum atomic E-state index is 11.9. The van der Waals surface area contributed by atoms with Crippen LogP contribution in [0.15, 0.2) is 17.5 Å². The molecule has 0 spiro atoms. The Hall–Kier alpha value is -0.910. The average Bonchev–Trinajstić information content (AvgIpc) is 2.97. The summed E-state index contributed by atoms with van der Waals surface area (Å²) < 4.78 is 0. The van der Waals surface area contributed by atoms with Crippen molar-refractivity contribution in [2.24, 2.45) is 5.92 Å². The van der Waals surface area contributed by atoms with Gasteiger partial charge >= 0.3 is 0 Å². The lowest BCUT2D eigenvalue weighted by Gasteiger charge is -2.27. The van der Waals surface area contributed by atoms with Gasteiger partial charge in [-0.05, 0) is 62.7 Å². The van der Waals surface area contributed by atoms with Gasteiger partial charge in [0.1, 0.15) is 0 Å². The van der Waals surface area contributed by atoms with Crippen molar-refractivity contribution in [2.45, 2.75) is 31.7 Å². The van der Waals surface area contributed by atoms with Gasteiger partial charge in [0.05, 0.1) is 12.6 Å². The highest BCUT2D eigenvalue weighted by molar-refractivity contribution is 7.10. The Kier molecular flexibility index (Phi) is 5.27. The van der Waals surface area contributed by atoms with Crippen LogP contribution in [0.3, 0.4) is 0 Å². The lowest BCUT2D eigenvalue weighted by molar-refractivity contribution is -0.120. The normalized spacial score (nSPS) is 20.6. The molecule has 1 amide bonds. The maximum Gasteiger partial charge on any atom is 0.234 e. The topological polar surface area (TPSA) is 44.4 Å². The second kappa shape index (κ2) is 7.38. The Balaban J connectivity index is 1.45. The summed E-state index contributed by atoms with van der Waals surface area (Å²) in [6.07, 6.45) is 5.20. The van der Waals surface area contributed by atoms with Gasteiger partial charge in [0.15, 0.2) is 0 Å². The third-order valence-electron chi connectivity index (χ3n) is 4.36. The van der Waals surface area contributed by atoms with Crippen LogP contribution >= 0.6 is 11.3 Å². The van der Waals surface area contributed by atoms with E-state index in [4.69, 9.17) is 0 Å². The standard InChI is InChI=1S/C16H25N3OS/c20-16(12-17-10-13-5-6-13)18-11-14(15-4-3-9-21-15)19-7-1-2-8-19/h3-4,9,13-14,17H,1-2,5-8,10-12H2,(H,18,20). The minimum Gasteiger partial charge on any atom is -0.353 e. The predicted octanol–water partition coefficient (Wildman–Crippen LogP) is 2.00. The molecule has 0 aromatic carbocycles. The molecule has 3 rings (SSSR count). The van der Waals surface area contributed by atoms with Crippen molar-refractivity contribution < 1.29 is 4.79 Å². The van der Waals surface area contributed by atoms with E-state index in [1.165, 1.54) is 30.6 Å². The van der Waals surface area contributed by atoms with Gasteiger partial charge in [-0.2, -0.15) is 0 Å². The Bertz CT molecular complexity index is 438. The highest BCUT2D eigenvalue weighted by Crippen LogP contribution is 2.28. The third kappa shape index (κ3) is 4.53. The number of amides is 1. The highest BCUT2D eigenvalue weighted by Gasteiger charge is 2.25. The molecule has 2 heterocycles. The molecule has 21 heavy (non-hydrogen) atoms. The number of hydrogen-bond donors (Lipinski definition) is 2. The minimum absolute atomic E-state index is 0.122. The zero-order chi connectivity index (χ0) is 14.5. The van der Waals surface area contributed by atoms with Crippen LogP contribution in [-0.4, -0.2) is 43.5 Å². The van der Waals surface area contributed by atoms with Crippen LogP contribution in [0.4, 0.5) is 0 Å². The van der Waals surface area contributed by atoms with Gasteiger partial charge in [-0.3, -0.25) is 9.69 Å². The summed E-state index contributed by atoms with van der Waals surface area (Å²) in [4.78, 5) is 15.8. The van der Waals surface area contributed by atoms with Crippen molar-refractivity contribution in [2.75, 3.05) is 32.7 Å².